The number of hydrogen-bond donors (Lipinski definition) is 0. The van der Waals surface area contributed by atoms with E-state index in [0.717, 1.165) is 19.4 Å². The first-order valence-corrected chi connectivity index (χ1v) is 6.77. The highest BCUT2D eigenvalue weighted by molar-refractivity contribution is 5.77. The molecule has 0 aromatic heterocycles. The van der Waals surface area contributed by atoms with Gasteiger partial charge >= 0.3 is 0 Å². The van der Waals surface area contributed by atoms with Crippen LogP contribution in [-0.2, 0) is 4.79 Å². The lowest BCUT2D eigenvalue weighted by Crippen LogP contribution is -2.32. The molecule has 0 fully saturated rings. The zero-order valence-corrected chi connectivity index (χ0v) is 12.0. The molecule has 19 heavy (non-hydrogen) atoms. The minimum atomic E-state index is -0.0141. The molecule has 1 rings (SSSR count). The molecule has 0 atom stereocenters. The summed E-state index contributed by atoms with van der Waals surface area (Å²) < 4.78 is 11.0. The molecule has 4 nitrogen and oxygen atoms in total. The lowest BCUT2D eigenvalue weighted by Gasteiger charge is -2.17. The molecule has 0 N–H and O–H groups in total. The molecule has 1 aromatic carbocycles. The van der Waals surface area contributed by atoms with E-state index in [1.165, 1.54) is 0 Å². The number of carbonyl (C=O) groups excluding carboxylic acids is 1. The van der Waals surface area contributed by atoms with Crippen molar-refractivity contribution in [1.29, 1.82) is 0 Å². The van der Waals surface area contributed by atoms with Gasteiger partial charge in [0.25, 0.3) is 5.91 Å². The quantitative estimate of drug-likeness (QED) is 0.725. The summed E-state index contributed by atoms with van der Waals surface area (Å²) in [5.41, 5.74) is 0. The molecule has 0 aliphatic rings. The van der Waals surface area contributed by atoms with Gasteiger partial charge in [-0.15, -0.1) is 0 Å². The lowest BCUT2D eigenvalue weighted by atomic mass is 10.3. The molecular weight excluding hydrogens is 242 g/mol. The highest BCUT2D eigenvalue weighted by Crippen LogP contribution is 2.26. The number of rotatable bonds is 8. The maximum Gasteiger partial charge on any atom is 0.260 e. The Kier molecular flexibility index (Phi) is 6.79. The van der Waals surface area contributed by atoms with Crippen LogP contribution in [0, 0.1) is 0 Å². The molecule has 0 saturated carbocycles. The Hall–Kier alpha value is -1.71. The zero-order chi connectivity index (χ0) is 14.1. The van der Waals surface area contributed by atoms with Crippen molar-refractivity contribution in [3.05, 3.63) is 24.3 Å². The second-order valence-corrected chi connectivity index (χ2v) is 4.34. The number of nitrogens with zero attached hydrogens (tertiary/aromatic N) is 1. The number of para-hydroxylation sites is 2. The van der Waals surface area contributed by atoms with Crippen LogP contribution in [0.3, 0.4) is 0 Å². The number of carbonyl (C=O) groups is 1. The van der Waals surface area contributed by atoms with Crippen LogP contribution >= 0.6 is 0 Å². The summed E-state index contributed by atoms with van der Waals surface area (Å²) in [6.07, 6.45) is 2.09. The number of ether oxygens (including phenoxy) is 2. The van der Waals surface area contributed by atoms with Crippen molar-refractivity contribution in [2.24, 2.45) is 0 Å². The molecular formula is C15H23NO3. The average molecular weight is 265 g/mol. The van der Waals surface area contributed by atoms with E-state index in [0.29, 0.717) is 18.1 Å². The van der Waals surface area contributed by atoms with Crippen LogP contribution in [0.15, 0.2) is 24.3 Å². The minimum absolute atomic E-state index is 0.0141. The Morgan fingerprint density at radius 3 is 2.37 bits per heavy atom. The van der Waals surface area contributed by atoms with E-state index in [1.54, 1.807) is 11.9 Å². The van der Waals surface area contributed by atoms with Gasteiger partial charge in [0.1, 0.15) is 0 Å². The van der Waals surface area contributed by atoms with Crippen LogP contribution in [-0.4, -0.2) is 37.6 Å². The van der Waals surface area contributed by atoms with Crippen LogP contribution < -0.4 is 9.47 Å². The van der Waals surface area contributed by atoms with Crippen molar-refractivity contribution in [2.45, 2.75) is 26.7 Å². The fourth-order valence-corrected chi connectivity index (χ4v) is 1.61. The van der Waals surface area contributed by atoms with Gasteiger partial charge in [-0.2, -0.15) is 0 Å². The van der Waals surface area contributed by atoms with Crippen molar-refractivity contribution in [3.63, 3.8) is 0 Å². The Balaban J connectivity index is 2.49. The highest BCUT2D eigenvalue weighted by atomic mass is 16.5. The van der Waals surface area contributed by atoms with Gasteiger partial charge in [-0.3, -0.25) is 4.79 Å². The Labute approximate surface area is 115 Å². The van der Waals surface area contributed by atoms with E-state index in [4.69, 9.17) is 9.47 Å². The van der Waals surface area contributed by atoms with E-state index >= 15 is 0 Å². The second-order valence-electron chi connectivity index (χ2n) is 4.34. The average Bonchev–Trinajstić information content (AvgIpc) is 2.43. The van der Waals surface area contributed by atoms with Gasteiger partial charge in [0.05, 0.1) is 6.61 Å². The van der Waals surface area contributed by atoms with Crippen LogP contribution in [0.25, 0.3) is 0 Å². The third-order valence-corrected chi connectivity index (χ3v) is 2.77. The zero-order valence-electron chi connectivity index (χ0n) is 12.0. The topological polar surface area (TPSA) is 38.8 Å². The molecule has 4 heteroatoms. The summed E-state index contributed by atoms with van der Waals surface area (Å²) in [7, 11) is 1.80. The third-order valence-electron chi connectivity index (χ3n) is 2.77. The molecule has 0 heterocycles. The minimum Gasteiger partial charge on any atom is -0.490 e. The first-order valence-electron chi connectivity index (χ1n) is 6.77. The molecule has 1 amide bonds. The molecule has 0 spiro atoms. The van der Waals surface area contributed by atoms with E-state index in [2.05, 4.69) is 6.92 Å². The van der Waals surface area contributed by atoms with Crippen LogP contribution in [0.5, 0.6) is 11.5 Å². The van der Waals surface area contributed by atoms with Gasteiger partial charge in [0.15, 0.2) is 18.1 Å². The Morgan fingerprint density at radius 1 is 1.16 bits per heavy atom. The normalized spacial score (nSPS) is 10.1. The van der Waals surface area contributed by atoms with Gasteiger partial charge in [0.2, 0.25) is 0 Å². The smallest absolute Gasteiger partial charge is 0.260 e. The van der Waals surface area contributed by atoms with Crippen LogP contribution in [0.4, 0.5) is 0 Å². The fraction of sp³-hybridized carbons (Fsp3) is 0.533. The molecule has 106 valence electrons. The third kappa shape index (κ3) is 5.20. The number of likely N-dealkylation sites (N-methyl/N-ethyl adjacent to an activating group) is 1. The molecule has 0 saturated heterocycles. The number of hydrogen-bond acceptors (Lipinski definition) is 3. The van der Waals surface area contributed by atoms with E-state index in [9.17, 15) is 4.79 Å². The van der Waals surface area contributed by atoms with Gasteiger partial charge < -0.3 is 14.4 Å². The van der Waals surface area contributed by atoms with Crippen LogP contribution in [0.1, 0.15) is 26.7 Å². The summed E-state index contributed by atoms with van der Waals surface area (Å²) in [5, 5.41) is 0. The number of amides is 1. The lowest BCUT2D eigenvalue weighted by molar-refractivity contribution is -0.132. The van der Waals surface area contributed by atoms with Crippen molar-refractivity contribution in [2.75, 3.05) is 26.8 Å². The van der Waals surface area contributed by atoms with Crippen LogP contribution in [0.2, 0.25) is 0 Å². The maximum atomic E-state index is 11.9. The summed E-state index contributed by atoms with van der Waals surface area (Å²) >= 11 is 0. The second kappa shape index (κ2) is 8.40. The first-order chi connectivity index (χ1) is 9.19. The Morgan fingerprint density at radius 2 is 1.79 bits per heavy atom. The van der Waals surface area contributed by atoms with Crippen molar-refractivity contribution < 1.29 is 14.3 Å². The largest absolute Gasteiger partial charge is 0.490 e. The molecule has 0 bridgehead atoms. The van der Waals surface area contributed by atoms with E-state index in [-0.39, 0.29) is 12.5 Å². The number of benzene rings is 1. The standard InChI is InChI=1S/C15H23NO3/c1-4-6-11-16(3)15(17)12-19-14-10-8-7-9-13(14)18-5-2/h7-10H,4-6,11-12H2,1-3H3. The van der Waals surface area contributed by atoms with Gasteiger partial charge in [0, 0.05) is 13.6 Å². The maximum absolute atomic E-state index is 11.9. The highest BCUT2D eigenvalue weighted by Gasteiger charge is 2.10. The molecule has 0 radical (unpaired) electrons. The van der Waals surface area contributed by atoms with Crippen molar-refractivity contribution in [3.8, 4) is 11.5 Å². The van der Waals surface area contributed by atoms with E-state index in [1.807, 2.05) is 31.2 Å². The SMILES string of the molecule is CCCCN(C)C(=O)COc1ccccc1OCC. The summed E-state index contributed by atoms with van der Waals surface area (Å²) in [6.45, 7) is 5.41. The molecule has 0 aliphatic carbocycles. The van der Waals surface area contributed by atoms with E-state index < -0.39 is 0 Å². The summed E-state index contributed by atoms with van der Waals surface area (Å²) in [5.74, 6) is 1.27. The van der Waals surface area contributed by atoms with Crippen molar-refractivity contribution in [1.82, 2.24) is 4.90 Å². The molecule has 0 aliphatic heterocycles. The van der Waals surface area contributed by atoms with Crippen molar-refractivity contribution >= 4 is 5.91 Å². The monoisotopic (exact) mass is 265 g/mol. The number of unbranched alkanes of at least 4 members (excludes halogenated alkanes) is 1. The van der Waals surface area contributed by atoms with Gasteiger partial charge in [-0.05, 0) is 25.5 Å². The predicted octanol–water partition coefficient (Wildman–Crippen LogP) is 2.72. The Bertz CT molecular complexity index is 393. The fourth-order valence-electron chi connectivity index (χ4n) is 1.61. The first kappa shape index (κ1) is 15.3. The van der Waals surface area contributed by atoms with Gasteiger partial charge in [-0.25, -0.2) is 0 Å². The molecule has 1 aromatic rings. The predicted molar refractivity (Wildman–Crippen MR) is 75.7 cm³/mol. The molecule has 0 unspecified atom stereocenters. The van der Waals surface area contributed by atoms with Gasteiger partial charge in [-0.1, -0.05) is 25.5 Å². The summed E-state index contributed by atoms with van der Waals surface area (Å²) in [6, 6.07) is 7.39. The summed E-state index contributed by atoms with van der Waals surface area (Å²) in [4.78, 5) is 13.6.